The first-order valence-electron chi connectivity index (χ1n) is 9.03. The van der Waals surface area contributed by atoms with Crippen LogP contribution in [0, 0.1) is 0 Å². The van der Waals surface area contributed by atoms with Crippen LogP contribution in [0.3, 0.4) is 0 Å². The van der Waals surface area contributed by atoms with Crippen LogP contribution in [0.15, 0.2) is 34.6 Å². The molecule has 1 fully saturated rings. The molecule has 4 rings (SSSR count). The Morgan fingerprint density at radius 3 is 2.80 bits per heavy atom. The summed E-state index contributed by atoms with van der Waals surface area (Å²) in [6.45, 7) is 0.582. The molecule has 154 valence electrons. The first-order valence-corrected chi connectivity index (χ1v) is 11.9. The molecule has 0 bridgehead atoms. The van der Waals surface area contributed by atoms with E-state index in [1.165, 1.54) is 11.8 Å². The molecule has 0 unspecified atom stereocenters. The number of unbranched alkanes of at least 4 members (excludes halogenated alkanes) is 1. The molecule has 6 nitrogen and oxygen atoms in total. The Bertz CT molecular complexity index is 1110. The fraction of sp³-hybridized carbons (Fsp3) is 0.211. The molecule has 0 spiro atoms. The zero-order valence-electron chi connectivity index (χ0n) is 15.5. The molecule has 0 aliphatic carbocycles. The van der Waals surface area contributed by atoms with Crippen molar-refractivity contribution in [2.45, 2.75) is 19.3 Å². The van der Waals surface area contributed by atoms with Gasteiger partial charge in [-0.3, -0.25) is 9.69 Å². The van der Waals surface area contributed by atoms with Gasteiger partial charge in [-0.1, -0.05) is 58.5 Å². The lowest BCUT2D eigenvalue weighted by molar-refractivity contribution is -0.122. The van der Waals surface area contributed by atoms with Gasteiger partial charge in [-0.25, -0.2) is 0 Å². The number of tetrazole rings is 1. The van der Waals surface area contributed by atoms with Gasteiger partial charge in [0.2, 0.25) is 0 Å². The van der Waals surface area contributed by atoms with E-state index in [4.69, 9.17) is 35.4 Å². The number of carbonyl (C=O) groups excluding carboxylic acids is 1. The summed E-state index contributed by atoms with van der Waals surface area (Å²) in [6, 6.07) is 7.57. The Labute approximate surface area is 196 Å². The number of nitrogens with one attached hydrogen (secondary N) is 1. The summed E-state index contributed by atoms with van der Waals surface area (Å²) < 4.78 is 0.590. The van der Waals surface area contributed by atoms with Crippen LogP contribution < -0.4 is 0 Å². The number of halogens is 2. The summed E-state index contributed by atoms with van der Waals surface area (Å²) in [5, 5.41) is 16.9. The maximum atomic E-state index is 12.8. The molecule has 11 heteroatoms. The average Bonchev–Trinajstić information content (AvgIpc) is 3.45. The first-order chi connectivity index (χ1) is 14.5. The second kappa shape index (κ2) is 9.57. The molecular weight excluding hydrogens is 481 g/mol. The van der Waals surface area contributed by atoms with Crippen molar-refractivity contribution < 1.29 is 4.79 Å². The zero-order chi connectivity index (χ0) is 21.1. The number of aromatic amines is 1. The van der Waals surface area contributed by atoms with Crippen LogP contribution in [0.25, 0.3) is 17.2 Å². The maximum Gasteiger partial charge on any atom is 0.266 e. The molecule has 1 aliphatic heterocycles. The molecule has 1 aliphatic rings. The van der Waals surface area contributed by atoms with Gasteiger partial charge in [-0.15, -0.1) is 21.5 Å². The molecule has 1 aromatic carbocycles. The SMILES string of the molecule is O=C1/C(=C/c2cc(-c3ccc(Cl)c(Cl)c3)cs2)SC(=S)N1CCCCc1nn[nH]n1. The summed E-state index contributed by atoms with van der Waals surface area (Å²) in [7, 11) is 0. The van der Waals surface area contributed by atoms with Crippen molar-refractivity contribution in [2.24, 2.45) is 0 Å². The lowest BCUT2D eigenvalue weighted by Gasteiger charge is -2.13. The predicted octanol–water partition coefficient (Wildman–Crippen LogP) is 5.46. The molecule has 2 aromatic heterocycles. The molecule has 30 heavy (non-hydrogen) atoms. The fourth-order valence-corrected chi connectivity index (χ4v) is 5.44. The summed E-state index contributed by atoms with van der Waals surface area (Å²) in [5.74, 6) is 0.629. The van der Waals surface area contributed by atoms with E-state index in [0.29, 0.717) is 38.1 Å². The average molecular weight is 496 g/mol. The highest BCUT2D eigenvalue weighted by Crippen LogP contribution is 2.36. The van der Waals surface area contributed by atoms with Crippen LogP contribution in [0.2, 0.25) is 10.0 Å². The van der Waals surface area contributed by atoms with Crippen LogP contribution in [0.1, 0.15) is 23.5 Å². The van der Waals surface area contributed by atoms with Crippen LogP contribution >= 0.6 is 58.5 Å². The number of hydrogen-bond donors (Lipinski definition) is 1. The Hall–Kier alpha value is -1.78. The van der Waals surface area contributed by atoms with E-state index in [1.807, 2.05) is 29.7 Å². The predicted molar refractivity (Wildman–Crippen MR) is 127 cm³/mol. The van der Waals surface area contributed by atoms with Gasteiger partial charge < -0.3 is 0 Å². The third-order valence-corrected chi connectivity index (χ3v) is 7.44. The van der Waals surface area contributed by atoms with Gasteiger partial charge in [0.05, 0.1) is 15.0 Å². The van der Waals surface area contributed by atoms with Crippen LogP contribution in [-0.2, 0) is 11.2 Å². The summed E-state index contributed by atoms with van der Waals surface area (Å²) in [5.41, 5.74) is 2.01. The van der Waals surface area contributed by atoms with Crippen molar-refractivity contribution in [1.29, 1.82) is 0 Å². The van der Waals surface area contributed by atoms with Gasteiger partial charge in [-0.2, -0.15) is 5.21 Å². The molecule has 1 N–H and O–H groups in total. The Morgan fingerprint density at radius 2 is 2.03 bits per heavy atom. The van der Waals surface area contributed by atoms with E-state index in [1.54, 1.807) is 22.3 Å². The van der Waals surface area contributed by atoms with Crippen molar-refractivity contribution in [3.8, 4) is 11.1 Å². The monoisotopic (exact) mass is 495 g/mol. The van der Waals surface area contributed by atoms with Gasteiger partial charge >= 0.3 is 0 Å². The van der Waals surface area contributed by atoms with Crippen molar-refractivity contribution in [1.82, 2.24) is 25.5 Å². The third-order valence-electron chi connectivity index (χ3n) is 4.44. The van der Waals surface area contributed by atoms with Gasteiger partial charge in [0.25, 0.3) is 5.91 Å². The second-order valence-corrected chi connectivity index (χ2v) is 9.92. The molecule has 0 saturated carbocycles. The number of aryl methyl sites for hydroxylation is 1. The Balaban J connectivity index is 1.39. The topological polar surface area (TPSA) is 74.8 Å². The largest absolute Gasteiger partial charge is 0.293 e. The maximum absolute atomic E-state index is 12.8. The van der Waals surface area contributed by atoms with Crippen LogP contribution in [-0.4, -0.2) is 42.3 Å². The van der Waals surface area contributed by atoms with E-state index >= 15 is 0 Å². The van der Waals surface area contributed by atoms with E-state index in [9.17, 15) is 4.79 Å². The minimum atomic E-state index is -0.0472. The number of benzene rings is 1. The van der Waals surface area contributed by atoms with Gasteiger partial charge in [0.1, 0.15) is 4.32 Å². The highest BCUT2D eigenvalue weighted by molar-refractivity contribution is 8.26. The first kappa shape index (κ1) is 21.5. The van der Waals surface area contributed by atoms with E-state index in [0.717, 1.165) is 28.8 Å². The number of thiocarbonyl (C=S) groups is 1. The van der Waals surface area contributed by atoms with Crippen molar-refractivity contribution >= 4 is 74.8 Å². The van der Waals surface area contributed by atoms with Gasteiger partial charge in [0.15, 0.2) is 5.82 Å². The molecule has 3 heterocycles. The number of H-pyrrole nitrogens is 1. The van der Waals surface area contributed by atoms with E-state index in [-0.39, 0.29) is 5.91 Å². The quantitative estimate of drug-likeness (QED) is 0.266. The smallest absolute Gasteiger partial charge is 0.266 e. The Kier molecular flexibility index (Phi) is 6.84. The number of carbonyl (C=O) groups is 1. The number of thioether (sulfide) groups is 1. The summed E-state index contributed by atoms with van der Waals surface area (Å²) >= 11 is 20.4. The molecule has 0 radical (unpaired) electrons. The number of amides is 1. The molecule has 1 saturated heterocycles. The zero-order valence-corrected chi connectivity index (χ0v) is 19.4. The number of nitrogens with zero attached hydrogens (tertiary/aromatic N) is 4. The minimum Gasteiger partial charge on any atom is -0.293 e. The Morgan fingerprint density at radius 1 is 1.17 bits per heavy atom. The number of aromatic nitrogens is 4. The molecule has 1 amide bonds. The van der Waals surface area contributed by atoms with Gasteiger partial charge in [0, 0.05) is 17.8 Å². The molecule has 3 aromatic rings. The summed E-state index contributed by atoms with van der Waals surface area (Å²) in [6.07, 6.45) is 4.28. The van der Waals surface area contributed by atoms with E-state index < -0.39 is 0 Å². The van der Waals surface area contributed by atoms with Crippen LogP contribution in [0.4, 0.5) is 0 Å². The second-order valence-electron chi connectivity index (χ2n) is 6.49. The number of thiophene rings is 1. The van der Waals surface area contributed by atoms with E-state index in [2.05, 4.69) is 20.6 Å². The normalized spacial score (nSPS) is 15.5. The fourth-order valence-electron chi connectivity index (χ4n) is 2.92. The van der Waals surface area contributed by atoms with Crippen molar-refractivity contribution in [3.05, 3.63) is 55.3 Å². The highest BCUT2D eigenvalue weighted by Gasteiger charge is 2.31. The van der Waals surface area contributed by atoms with Crippen molar-refractivity contribution in [3.63, 3.8) is 0 Å². The van der Waals surface area contributed by atoms with Crippen molar-refractivity contribution in [2.75, 3.05) is 6.54 Å². The third kappa shape index (κ3) is 4.92. The van der Waals surface area contributed by atoms with Gasteiger partial charge in [-0.05, 0) is 53.6 Å². The number of rotatable bonds is 7. The standard InChI is InChI=1S/C19H15Cl2N5OS3/c20-14-5-4-11(8-15(14)21)12-7-13(29-10-12)9-16-18(27)26(19(28)30-16)6-2-1-3-17-22-24-25-23-17/h4-5,7-10H,1-3,6H2,(H,22,23,24,25)/b16-9-. The lowest BCUT2D eigenvalue weighted by atomic mass is 10.1. The van der Waals surface area contributed by atoms with Crippen LogP contribution in [0.5, 0.6) is 0 Å². The molecular formula is C19H15Cl2N5OS3. The minimum absolute atomic E-state index is 0.0472. The highest BCUT2D eigenvalue weighted by atomic mass is 35.5. The summed E-state index contributed by atoms with van der Waals surface area (Å²) in [4.78, 5) is 16.1. The molecule has 0 atom stereocenters. The lowest BCUT2D eigenvalue weighted by Crippen LogP contribution is -2.29. The number of hydrogen-bond acceptors (Lipinski definition) is 7.